The molecule has 1 aliphatic rings. The largest absolute Gasteiger partial charge is 0.473 e. The van der Waals surface area contributed by atoms with Crippen molar-refractivity contribution >= 4 is 11.3 Å². The summed E-state index contributed by atoms with van der Waals surface area (Å²) in [5, 5.41) is 15.7. The highest BCUT2D eigenvalue weighted by atomic mass is 32.1. The van der Waals surface area contributed by atoms with Gasteiger partial charge in [-0.15, -0.1) is 0 Å². The smallest absolute Gasteiger partial charge is 0.273 e. The molecule has 2 N–H and O–H groups in total. The van der Waals surface area contributed by atoms with Crippen molar-refractivity contribution in [2.75, 3.05) is 13.7 Å². The van der Waals surface area contributed by atoms with E-state index in [9.17, 15) is 5.11 Å². The first-order chi connectivity index (χ1) is 6.81. The van der Waals surface area contributed by atoms with Crippen molar-refractivity contribution in [3.8, 4) is 5.19 Å². The van der Waals surface area contributed by atoms with Crippen LogP contribution in [0.4, 0.5) is 0 Å². The molecule has 0 radical (unpaired) electrons. The lowest BCUT2D eigenvalue weighted by Gasteiger charge is -2.15. The van der Waals surface area contributed by atoms with E-state index in [2.05, 4.69) is 10.3 Å². The lowest BCUT2D eigenvalue weighted by atomic mass is 10.1. The van der Waals surface area contributed by atoms with Crippen LogP contribution < -0.4 is 10.1 Å². The normalized spacial score (nSPS) is 23.7. The van der Waals surface area contributed by atoms with E-state index in [0.717, 1.165) is 19.4 Å². The van der Waals surface area contributed by atoms with Gasteiger partial charge in [-0.1, -0.05) is 11.3 Å². The molecule has 78 valence electrons. The zero-order valence-electron chi connectivity index (χ0n) is 8.06. The van der Waals surface area contributed by atoms with Crippen molar-refractivity contribution in [3.05, 3.63) is 11.1 Å². The lowest BCUT2D eigenvalue weighted by Crippen LogP contribution is -2.28. The molecule has 2 rings (SSSR count). The molecule has 0 aromatic carbocycles. The van der Waals surface area contributed by atoms with Crippen molar-refractivity contribution in [3.63, 3.8) is 0 Å². The Hall–Kier alpha value is -0.650. The summed E-state index contributed by atoms with van der Waals surface area (Å²) in [5.41, 5.74) is 0.714. The third kappa shape index (κ3) is 1.89. The van der Waals surface area contributed by atoms with E-state index in [0.29, 0.717) is 10.9 Å². The van der Waals surface area contributed by atoms with Crippen LogP contribution >= 0.6 is 11.3 Å². The number of aliphatic hydroxyl groups excluding tert-OH is 1. The molecule has 5 heteroatoms. The number of nitrogens with one attached hydrogen (secondary N) is 1. The van der Waals surface area contributed by atoms with Crippen LogP contribution in [-0.4, -0.2) is 29.8 Å². The van der Waals surface area contributed by atoms with Crippen molar-refractivity contribution in [1.29, 1.82) is 0 Å². The van der Waals surface area contributed by atoms with Crippen LogP contribution in [0.25, 0.3) is 0 Å². The first kappa shape index (κ1) is 9.89. The Balaban J connectivity index is 2.05. The summed E-state index contributed by atoms with van der Waals surface area (Å²) < 4.78 is 4.98. The number of aliphatic hydroxyl groups is 1. The molecule has 0 amide bonds. The second-order valence-electron chi connectivity index (χ2n) is 3.39. The molecule has 1 saturated heterocycles. The molecule has 2 heterocycles. The van der Waals surface area contributed by atoms with Crippen molar-refractivity contribution in [2.24, 2.45) is 0 Å². The highest BCUT2D eigenvalue weighted by molar-refractivity contribution is 7.11. The Morgan fingerprint density at radius 3 is 3.21 bits per heavy atom. The monoisotopic (exact) mass is 214 g/mol. The summed E-state index contributed by atoms with van der Waals surface area (Å²) in [5.74, 6) is 0. The molecule has 0 saturated carbocycles. The van der Waals surface area contributed by atoms with Gasteiger partial charge in [0.1, 0.15) is 6.10 Å². The molecule has 0 aliphatic carbocycles. The fourth-order valence-corrected chi connectivity index (χ4v) is 2.35. The maximum Gasteiger partial charge on any atom is 0.273 e. The van der Waals surface area contributed by atoms with E-state index in [1.54, 1.807) is 7.11 Å². The molecule has 1 aliphatic heterocycles. The van der Waals surface area contributed by atoms with Gasteiger partial charge in [0.15, 0.2) is 0 Å². The van der Waals surface area contributed by atoms with E-state index < -0.39 is 6.10 Å². The van der Waals surface area contributed by atoms with Crippen LogP contribution in [0.15, 0.2) is 5.38 Å². The predicted molar refractivity (Wildman–Crippen MR) is 54.7 cm³/mol. The molecule has 4 nitrogen and oxygen atoms in total. The van der Waals surface area contributed by atoms with E-state index in [1.807, 2.05) is 5.38 Å². The lowest BCUT2D eigenvalue weighted by molar-refractivity contribution is 0.133. The summed E-state index contributed by atoms with van der Waals surface area (Å²) in [4.78, 5) is 4.18. The van der Waals surface area contributed by atoms with Crippen LogP contribution in [0.3, 0.4) is 0 Å². The van der Waals surface area contributed by atoms with Gasteiger partial charge in [-0.25, -0.2) is 4.98 Å². The van der Waals surface area contributed by atoms with Gasteiger partial charge in [0, 0.05) is 11.4 Å². The van der Waals surface area contributed by atoms with Gasteiger partial charge < -0.3 is 15.2 Å². The van der Waals surface area contributed by atoms with Gasteiger partial charge >= 0.3 is 0 Å². The summed E-state index contributed by atoms with van der Waals surface area (Å²) in [6.45, 7) is 0.989. The maximum atomic E-state index is 9.96. The number of ether oxygens (including phenoxy) is 1. The molecule has 2 atom stereocenters. The molecular weight excluding hydrogens is 200 g/mol. The third-order valence-electron chi connectivity index (χ3n) is 2.46. The third-order valence-corrected chi connectivity index (χ3v) is 3.28. The SMILES string of the molecule is COc1nc(C(O)[C@@H]2CCCN2)cs1. The number of hydrogen-bond donors (Lipinski definition) is 2. The standard InChI is InChI=1S/C9H14N2O2S/c1-13-9-11-7(5-14-9)8(12)6-3-2-4-10-6/h5-6,8,10,12H,2-4H2,1H3/t6-,8?/m0/s1. The van der Waals surface area contributed by atoms with Gasteiger partial charge in [0.05, 0.1) is 12.8 Å². The molecule has 1 unspecified atom stereocenters. The predicted octanol–water partition coefficient (Wildman–Crippen LogP) is 0.937. The average Bonchev–Trinajstić information content (AvgIpc) is 2.88. The minimum atomic E-state index is -0.502. The van der Waals surface area contributed by atoms with Crippen LogP contribution in [0.1, 0.15) is 24.6 Å². The number of rotatable bonds is 3. The minimum Gasteiger partial charge on any atom is -0.473 e. The highest BCUT2D eigenvalue weighted by Crippen LogP contribution is 2.26. The number of thiazole rings is 1. The zero-order valence-corrected chi connectivity index (χ0v) is 8.88. The summed E-state index contributed by atoms with van der Waals surface area (Å²) >= 11 is 1.42. The molecule has 1 aromatic rings. The van der Waals surface area contributed by atoms with Gasteiger partial charge in [-0.3, -0.25) is 0 Å². The van der Waals surface area contributed by atoms with Gasteiger partial charge in [0.2, 0.25) is 0 Å². The first-order valence-electron chi connectivity index (χ1n) is 4.72. The Bertz CT molecular complexity index is 297. The average molecular weight is 214 g/mol. The van der Waals surface area contributed by atoms with Crippen molar-refractivity contribution in [1.82, 2.24) is 10.3 Å². The summed E-state index contributed by atoms with van der Waals surface area (Å²) in [7, 11) is 1.59. The number of aromatic nitrogens is 1. The Kier molecular flexibility index (Phi) is 3.00. The quantitative estimate of drug-likeness (QED) is 0.786. The zero-order chi connectivity index (χ0) is 9.97. The Morgan fingerprint density at radius 1 is 1.79 bits per heavy atom. The van der Waals surface area contributed by atoms with E-state index >= 15 is 0 Å². The van der Waals surface area contributed by atoms with Crippen molar-refractivity contribution < 1.29 is 9.84 Å². The summed E-state index contributed by atoms with van der Waals surface area (Å²) in [6, 6.07) is 0.154. The van der Waals surface area contributed by atoms with Crippen LogP contribution in [0.2, 0.25) is 0 Å². The maximum absolute atomic E-state index is 9.96. The number of nitrogens with zero attached hydrogens (tertiary/aromatic N) is 1. The molecular formula is C9H14N2O2S. The molecule has 14 heavy (non-hydrogen) atoms. The van der Waals surface area contributed by atoms with Crippen LogP contribution in [-0.2, 0) is 0 Å². The highest BCUT2D eigenvalue weighted by Gasteiger charge is 2.25. The Labute approximate surface area is 86.9 Å². The number of methoxy groups -OCH3 is 1. The van der Waals surface area contributed by atoms with Crippen LogP contribution in [0, 0.1) is 0 Å². The molecule has 0 spiro atoms. The van der Waals surface area contributed by atoms with E-state index in [4.69, 9.17) is 4.74 Å². The second kappa shape index (κ2) is 4.25. The van der Waals surface area contributed by atoms with Gasteiger partial charge in [0.25, 0.3) is 5.19 Å². The number of hydrogen-bond acceptors (Lipinski definition) is 5. The summed E-state index contributed by atoms with van der Waals surface area (Å²) in [6.07, 6.45) is 1.64. The second-order valence-corrected chi connectivity index (χ2v) is 4.21. The van der Waals surface area contributed by atoms with E-state index in [-0.39, 0.29) is 6.04 Å². The molecule has 0 bridgehead atoms. The topological polar surface area (TPSA) is 54.4 Å². The minimum absolute atomic E-state index is 0.154. The fraction of sp³-hybridized carbons (Fsp3) is 0.667. The van der Waals surface area contributed by atoms with Gasteiger partial charge in [-0.05, 0) is 19.4 Å². The van der Waals surface area contributed by atoms with E-state index in [1.165, 1.54) is 11.3 Å². The Morgan fingerprint density at radius 2 is 2.64 bits per heavy atom. The first-order valence-corrected chi connectivity index (χ1v) is 5.60. The van der Waals surface area contributed by atoms with Crippen LogP contribution in [0.5, 0.6) is 5.19 Å². The van der Waals surface area contributed by atoms with Crippen molar-refractivity contribution in [2.45, 2.75) is 25.0 Å². The molecule has 1 aromatic heterocycles. The fourth-order valence-electron chi connectivity index (χ4n) is 1.69. The molecule has 1 fully saturated rings. The van der Waals surface area contributed by atoms with Gasteiger partial charge in [-0.2, -0.15) is 0 Å².